The predicted molar refractivity (Wildman–Crippen MR) is 74.3 cm³/mol. The summed E-state index contributed by atoms with van der Waals surface area (Å²) in [6.45, 7) is 0. The van der Waals surface area contributed by atoms with Gasteiger partial charge in [-0.05, 0) is 23.8 Å². The monoisotopic (exact) mass is 276 g/mol. The van der Waals surface area contributed by atoms with Crippen molar-refractivity contribution in [2.24, 2.45) is 0 Å². The van der Waals surface area contributed by atoms with Crippen molar-refractivity contribution in [2.75, 3.05) is 7.11 Å². The molecule has 19 heavy (non-hydrogen) atoms. The second-order valence-electron chi connectivity index (χ2n) is 3.93. The molecule has 2 aromatic rings. The Balaban J connectivity index is 2.03. The zero-order chi connectivity index (χ0) is 13.7. The Morgan fingerprint density at radius 3 is 2.53 bits per heavy atom. The standard InChI is InChI=1S/C15H13FO2S/c1-18-13-5-4-12(15(16)8-13)10-19-14-6-2-11(9-17)3-7-14/h2-9H,10H2,1H3. The van der Waals surface area contributed by atoms with Gasteiger partial charge in [-0.15, -0.1) is 11.8 Å². The normalized spacial score (nSPS) is 10.2. The maximum atomic E-state index is 13.7. The molecule has 0 aliphatic rings. The summed E-state index contributed by atoms with van der Waals surface area (Å²) < 4.78 is 18.7. The maximum absolute atomic E-state index is 13.7. The Bertz CT molecular complexity index is 567. The van der Waals surface area contributed by atoms with E-state index in [0.717, 1.165) is 11.2 Å². The predicted octanol–water partition coefficient (Wildman–Crippen LogP) is 3.94. The molecule has 0 amide bonds. The number of aldehydes is 1. The molecule has 2 nitrogen and oxygen atoms in total. The third-order valence-electron chi connectivity index (χ3n) is 2.67. The number of halogens is 1. The van der Waals surface area contributed by atoms with Crippen LogP contribution in [0.3, 0.4) is 0 Å². The van der Waals surface area contributed by atoms with Crippen LogP contribution in [-0.2, 0) is 5.75 Å². The largest absolute Gasteiger partial charge is 0.497 e. The van der Waals surface area contributed by atoms with Gasteiger partial charge in [0.25, 0.3) is 0 Å². The van der Waals surface area contributed by atoms with E-state index in [1.54, 1.807) is 24.3 Å². The van der Waals surface area contributed by atoms with E-state index in [9.17, 15) is 9.18 Å². The van der Waals surface area contributed by atoms with Gasteiger partial charge in [0.05, 0.1) is 7.11 Å². The molecule has 2 rings (SSSR count). The van der Waals surface area contributed by atoms with Crippen molar-refractivity contribution in [3.05, 3.63) is 59.4 Å². The van der Waals surface area contributed by atoms with Crippen LogP contribution in [0.2, 0.25) is 0 Å². The van der Waals surface area contributed by atoms with Crippen molar-refractivity contribution in [2.45, 2.75) is 10.6 Å². The highest BCUT2D eigenvalue weighted by molar-refractivity contribution is 7.98. The lowest BCUT2D eigenvalue weighted by molar-refractivity contribution is 0.112. The summed E-state index contributed by atoms with van der Waals surface area (Å²) in [5, 5.41) is 0. The molecule has 0 N–H and O–H groups in total. The van der Waals surface area contributed by atoms with E-state index in [-0.39, 0.29) is 5.82 Å². The van der Waals surface area contributed by atoms with E-state index < -0.39 is 0 Å². The minimum Gasteiger partial charge on any atom is -0.497 e. The third kappa shape index (κ3) is 3.58. The molecule has 0 radical (unpaired) electrons. The summed E-state index contributed by atoms with van der Waals surface area (Å²) in [5.74, 6) is 0.786. The Hall–Kier alpha value is -1.81. The number of ether oxygens (including phenoxy) is 1. The van der Waals surface area contributed by atoms with Crippen molar-refractivity contribution in [3.63, 3.8) is 0 Å². The molecule has 0 aliphatic carbocycles. The molecule has 0 spiro atoms. The van der Waals surface area contributed by atoms with Gasteiger partial charge in [0, 0.05) is 22.3 Å². The van der Waals surface area contributed by atoms with Gasteiger partial charge in [0.1, 0.15) is 17.9 Å². The molecule has 0 aliphatic heterocycles. The SMILES string of the molecule is COc1ccc(CSc2ccc(C=O)cc2)c(F)c1. The third-order valence-corrected chi connectivity index (χ3v) is 3.73. The first-order valence-electron chi connectivity index (χ1n) is 5.73. The summed E-state index contributed by atoms with van der Waals surface area (Å²) in [6.07, 6.45) is 0.803. The molecule has 0 heterocycles. The summed E-state index contributed by atoms with van der Waals surface area (Å²) >= 11 is 1.52. The van der Waals surface area contributed by atoms with E-state index in [1.807, 2.05) is 12.1 Å². The van der Waals surface area contributed by atoms with Crippen molar-refractivity contribution >= 4 is 18.0 Å². The Labute approximate surface area is 115 Å². The highest BCUT2D eigenvalue weighted by Gasteiger charge is 2.05. The number of hydrogen-bond donors (Lipinski definition) is 0. The first kappa shape index (κ1) is 13.6. The van der Waals surface area contributed by atoms with Gasteiger partial charge in [-0.2, -0.15) is 0 Å². The van der Waals surface area contributed by atoms with E-state index >= 15 is 0 Å². The maximum Gasteiger partial charge on any atom is 0.150 e. The Kier molecular flexibility index (Phi) is 4.58. The summed E-state index contributed by atoms with van der Waals surface area (Å²) in [7, 11) is 1.51. The molecule has 0 saturated heterocycles. The van der Waals surface area contributed by atoms with Gasteiger partial charge < -0.3 is 4.74 Å². The molecule has 98 valence electrons. The first-order valence-corrected chi connectivity index (χ1v) is 6.72. The van der Waals surface area contributed by atoms with E-state index in [0.29, 0.717) is 22.6 Å². The van der Waals surface area contributed by atoms with Gasteiger partial charge in [-0.1, -0.05) is 18.2 Å². The smallest absolute Gasteiger partial charge is 0.150 e. The minimum absolute atomic E-state index is 0.267. The number of benzene rings is 2. The van der Waals surface area contributed by atoms with Gasteiger partial charge in [0.2, 0.25) is 0 Å². The fraction of sp³-hybridized carbons (Fsp3) is 0.133. The van der Waals surface area contributed by atoms with Crippen molar-refractivity contribution in [3.8, 4) is 5.75 Å². The summed E-state index contributed by atoms with van der Waals surface area (Å²) in [5.41, 5.74) is 1.27. The summed E-state index contributed by atoms with van der Waals surface area (Å²) in [6, 6.07) is 12.1. The fourth-order valence-electron chi connectivity index (χ4n) is 1.58. The van der Waals surface area contributed by atoms with Gasteiger partial charge in [0.15, 0.2) is 0 Å². The molecule has 0 aromatic heterocycles. The second kappa shape index (κ2) is 6.38. The lowest BCUT2D eigenvalue weighted by Gasteiger charge is -2.06. The number of carbonyl (C=O) groups is 1. The van der Waals surface area contributed by atoms with E-state index in [1.165, 1.54) is 24.9 Å². The van der Waals surface area contributed by atoms with Crippen LogP contribution in [0, 0.1) is 5.82 Å². The minimum atomic E-state index is -0.267. The molecule has 2 aromatic carbocycles. The second-order valence-corrected chi connectivity index (χ2v) is 4.98. The van der Waals surface area contributed by atoms with Crippen LogP contribution in [-0.4, -0.2) is 13.4 Å². The Morgan fingerprint density at radius 2 is 1.95 bits per heavy atom. The average molecular weight is 276 g/mol. The molecule has 0 unspecified atom stereocenters. The van der Waals surface area contributed by atoms with Crippen molar-refractivity contribution in [1.29, 1.82) is 0 Å². The van der Waals surface area contributed by atoms with Crippen LogP contribution in [0.25, 0.3) is 0 Å². The average Bonchev–Trinajstić information content (AvgIpc) is 2.46. The van der Waals surface area contributed by atoms with Crippen molar-refractivity contribution in [1.82, 2.24) is 0 Å². The number of rotatable bonds is 5. The molecular formula is C15H13FO2S. The molecule has 0 bridgehead atoms. The van der Waals surface area contributed by atoms with Gasteiger partial charge >= 0.3 is 0 Å². The van der Waals surface area contributed by atoms with Crippen molar-refractivity contribution < 1.29 is 13.9 Å². The van der Waals surface area contributed by atoms with Crippen LogP contribution < -0.4 is 4.74 Å². The highest BCUT2D eigenvalue weighted by Crippen LogP contribution is 2.25. The molecule has 0 atom stereocenters. The number of methoxy groups -OCH3 is 1. The lowest BCUT2D eigenvalue weighted by Crippen LogP contribution is -1.90. The molecule has 4 heteroatoms. The number of hydrogen-bond acceptors (Lipinski definition) is 3. The van der Waals surface area contributed by atoms with E-state index in [4.69, 9.17) is 4.74 Å². The highest BCUT2D eigenvalue weighted by atomic mass is 32.2. The van der Waals surface area contributed by atoms with Gasteiger partial charge in [-0.25, -0.2) is 4.39 Å². The summed E-state index contributed by atoms with van der Waals surface area (Å²) in [4.78, 5) is 11.5. The molecular weight excluding hydrogens is 263 g/mol. The van der Waals surface area contributed by atoms with Crippen LogP contribution in [0.1, 0.15) is 15.9 Å². The fourth-order valence-corrected chi connectivity index (χ4v) is 2.46. The zero-order valence-electron chi connectivity index (χ0n) is 10.4. The van der Waals surface area contributed by atoms with Gasteiger partial charge in [-0.3, -0.25) is 4.79 Å². The number of thioether (sulfide) groups is 1. The van der Waals surface area contributed by atoms with Crippen LogP contribution in [0.4, 0.5) is 4.39 Å². The first-order chi connectivity index (χ1) is 9.22. The topological polar surface area (TPSA) is 26.3 Å². The molecule has 0 fully saturated rings. The number of carbonyl (C=O) groups excluding carboxylic acids is 1. The lowest BCUT2D eigenvalue weighted by atomic mass is 10.2. The van der Waals surface area contributed by atoms with Crippen LogP contribution in [0.15, 0.2) is 47.4 Å². The molecule has 0 saturated carbocycles. The quantitative estimate of drug-likeness (QED) is 0.611. The Morgan fingerprint density at radius 1 is 1.21 bits per heavy atom. The zero-order valence-corrected chi connectivity index (χ0v) is 11.2. The van der Waals surface area contributed by atoms with Crippen LogP contribution >= 0.6 is 11.8 Å². The van der Waals surface area contributed by atoms with E-state index in [2.05, 4.69) is 0 Å². The van der Waals surface area contributed by atoms with Crippen LogP contribution in [0.5, 0.6) is 5.75 Å².